The third-order valence-corrected chi connectivity index (χ3v) is 5.32. The summed E-state index contributed by atoms with van der Waals surface area (Å²) in [7, 11) is -4.03. The van der Waals surface area contributed by atoms with Gasteiger partial charge < -0.3 is 9.90 Å². The summed E-state index contributed by atoms with van der Waals surface area (Å²) >= 11 is 5.88. The van der Waals surface area contributed by atoms with Gasteiger partial charge in [-0.1, -0.05) is 29.3 Å². The lowest BCUT2D eigenvalue weighted by Gasteiger charge is -2.26. The molecule has 0 saturated carbocycles. The van der Waals surface area contributed by atoms with Gasteiger partial charge >= 0.3 is 0 Å². The molecule has 0 bridgehead atoms. The molecule has 0 aliphatic carbocycles. The Bertz CT molecular complexity index is 832. The Labute approximate surface area is 140 Å². The summed E-state index contributed by atoms with van der Waals surface area (Å²) in [5.74, 6) is -1.49. The largest absolute Gasteiger partial charge is 0.548 e. The van der Waals surface area contributed by atoms with Crippen LogP contribution in [-0.2, 0) is 14.8 Å². The van der Waals surface area contributed by atoms with E-state index in [0.29, 0.717) is 10.6 Å². The lowest BCUT2D eigenvalue weighted by molar-refractivity contribution is -0.303. The molecule has 0 radical (unpaired) electrons. The zero-order chi connectivity index (χ0) is 17.2. The molecule has 0 unspecified atom stereocenters. The lowest BCUT2D eigenvalue weighted by Crippen LogP contribution is -2.42. The molecule has 0 saturated heterocycles. The Balaban J connectivity index is 2.57. The van der Waals surface area contributed by atoms with Gasteiger partial charge in [0.2, 0.25) is 0 Å². The Morgan fingerprint density at radius 1 is 1.13 bits per heavy atom. The van der Waals surface area contributed by atoms with E-state index in [1.165, 1.54) is 24.3 Å². The van der Waals surface area contributed by atoms with Gasteiger partial charge in [0.05, 0.1) is 23.1 Å². The number of nitrogens with zero attached hydrogens (tertiary/aromatic N) is 1. The number of carbonyl (C=O) groups is 1. The predicted molar refractivity (Wildman–Crippen MR) is 86.9 cm³/mol. The van der Waals surface area contributed by atoms with E-state index >= 15 is 0 Å². The van der Waals surface area contributed by atoms with Crippen LogP contribution in [0.1, 0.15) is 11.1 Å². The molecule has 5 nitrogen and oxygen atoms in total. The number of benzene rings is 2. The molecule has 2 aromatic rings. The first-order valence-electron chi connectivity index (χ1n) is 6.77. The second-order valence-electron chi connectivity index (χ2n) is 5.13. The molecule has 122 valence electrons. The first-order chi connectivity index (χ1) is 10.7. The van der Waals surface area contributed by atoms with Gasteiger partial charge in [-0.05, 0) is 49.7 Å². The fourth-order valence-electron chi connectivity index (χ4n) is 2.15. The molecule has 0 amide bonds. The van der Waals surface area contributed by atoms with Gasteiger partial charge in [-0.25, -0.2) is 8.42 Å². The number of anilines is 1. The molecule has 0 fully saturated rings. The summed E-state index contributed by atoms with van der Waals surface area (Å²) in [6.07, 6.45) is 0. The number of aliphatic carboxylic acids is 1. The molecule has 0 spiro atoms. The number of halogens is 1. The fraction of sp³-hybridized carbons (Fsp3) is 0.188. The van der Waals surface area contributed by atoms with Crippen molar-refractivity contribution >= 4 is 33.3 Å². The fourth-order valence-corrected chi connectivity index (χ4v) is 3.85. The van der Waals surface area contributed by atoms with Crippen LogP contribution in [0.3, 0.4) is 0 Å². The van der Waals surface area contributed by atoms with Crippen molar-refractivity contribution in [3.05, 3.63) is 58.6 Å². The second kappa shape index (κ2) is 6.60. The molecule has 0 aromatic heterocycles. The number of carboxylic acid groups (broad SMARTS) is 1. The van der Waals surface area contributed by atoms with Crippen molar-refractivity contribution < 1.29 is 18.3 Å². The highest BCUT2D eigenvalue weighted by molar-refractivity contribution is 7.92. The summed E-state index contributed by atoms with van der Waals surface area (Å²) in [4.78, 5) is 11.1. The van der Waals surface area contributed by atoms with E-state index in [1.807, 2.05) is 6.92 Å². The Morgan fingerprint density at radius 2 is 1.74 bits per heavy atom. The van der Waals surface area contributed by atoms with E-state index in [0.717, 1.165) is 9.87 Å². The van der Waals surface area contributed by atoms with E-state index in [4.69, 9.17) is 11.6 Å². The molecule has 0 heterocycles. The number of sulfonamides is 1. The summed E-state index contributed by atoms with van der Waals surface area (Å²) in [6, 6.07) is 10.8. The quantitative estimate of drug-likeness (QED) is 0.823. The first kappa shape index (κ1) is 17.3. The highest BCUT2D eigenvalue weighted by Crippen LogP contribution is 2.28. The summed E-state index contributed by atoms with van der Waals surface area (Å²) < 4.78 is 26.5. The standard InChI is InChI=1S/C16H16ClNO4S/c1-11-3-6-14(7-4-11)23(21,22)18(10-16(19)20)15-8-5-13(17)9-12(15)2/h3-9H,10H2,1-2H3,(H,19,20)/p-1. The summed E-state index contributed by atoms with van der Waals surface area (Å²) in [5, 5.41) is 11.5. The van der Waals surface area contributed by atoms with E-state index in [-0.39, 0.29) is 10.6 Å². The van der Waals surface area contributed by atoms with Gasteiger partial charge in [0.25, 0.3) is 10.0 Å². The van der Waals surface area contributed by atoms with E-state index in [9.17, 15) is 18.3 Å². The number of aryl methyl sites for hydroxylation is 2. The number of rotatable bonds is 5. The van der Waals surface area contributed by atoms with Gasteiger partial charge in [0.1, 0.15) is 0 Å². The van der Waals surface area contributed by atoms with E-state index in [2.05, 4.69) is 0 Å². The monoisotopic (exact) mass is 352 g/mol. The van der Waals surface area contributed by atoms with Gasteiger partial charge in [-0.15, -0.1) is 0 Å². The molecule has 23 heavy (non-hydrogen) atoms. The van der Waals surface area contributed by atoms with Crippen molar-refractivity contribution in [2.24, 2.45) is 0 Å². The third kappa shape index (κ3) is 3.83. The molecule has 0 N–H and O–H groups in total. The van der Waals surface area contributed by atoms with Crippen molar-refractivity contribution in [2.45, 2.75) is 18.7 Å². The third-order valence-electron chi connectivity index (χ3n) is 3.31. The van der Waals surface area contributed by atoms with Crippen LogP contribution in [0, 0.1) is 13.8 Å². The van der Waals surface area contributed by atoms with Crippen LogP contribution in [0.2, 0.25) is 5.02 Å². The van der Waals surface area contributed by atoms with Crippen LogP contribution in [0.25, 0.3) is 0 Å². The number of carbonyl (C=O) groups excluding carboxylic acids is 1. The average Bonchev–Trinajstić information content (AvgIpc) is 2.45. The van der Waals surface area contributed by atoms with Crippen LogP contribution in [0.5, 0.6) is 0 Å². The van der Waals surface area contributed by atoms with E-state index in [1.54, 1.807) is 25.1 Å². The predicted octanol–water partition coefficient (Wildman–Crippen LogP) is 1.90. The Morgan fingerprint density at radius 3 is 2.26 bits per heavy atom. The van der Waals surface area contributed by atoms with Crippen LogP contribution < -0.4 is 9.41 Å². The summed E-state index contributed by atoms with van der Waals surface area (Å²) in [5.41, 5.74) is 1.70. The number of hydrogen-bond donors (Lipinski definition) is 0. The Hall–Kier alpha value is -2.05. The van der Waals surface area contributed by atoms with Gasteiger partial charge in [0.15, 0.2) is 0 Å². The van der Waals surface area contributed by atoms with Crippen molar-refractivity contribution in [3.8, 4) is 0 Å². The van der Waals surface area contributed by atoms with Crippen LogP contribution >= 0.6 is 11.6 Å². The van der Waals surface area contributed by atoms with Crippen molar-refractivity contribution in [1.82, 2.24) is 0 Å². The van der Waals surface area contributed by atoms with Gasteiger partial charge in [-0.2, -0.15) is 0 Å². The molecule has 2 aromatic carbocycles. The molecule has 2 rings (SSSR count). The van der Waals surface area contributed by atoms with Gasteiger partial charge in [0, 0.05) is 5.02 Å². The molecular formula is C16H15ClNO4S-. The maximum Gasteiger partial charge on any atom is 0.264 e. The molecule has 0 aliphatic rings. The summed E-state index contributed by atoms with van der Waals surface area (Å²) in [6.45, 7) is 2.71. The number of hydrogen-bond acceptors (Lipinski definition) is 4. The SMILES string of the molecule is Cc1ccc(S(=O)(=O)N(CC(=O)[O-])c2ccc(Cl)cc2C)cc1. The van der Waals surface area contributed by atoms with Crippen LogP contribution in [-0.4, -0.2) is 20.9 Å². The molecule has 0 atom stereocenters. The molecule has 0 aliphatic heterocycles. The smallest absolute Gasteiger partial charge is 0.264 e. The Kier molecular flexibility index (Phi) is 4.97. The first-order valence-corrected chi connectivity index (χ1v) is 8.59. The minimum Gasteiger partial charge on any atom is -0.548 e. The van der Waals surface area contributed by atoms with Gasteiger partial charge in [-0.3, -0.25) is 4.31 Å². The maximum atomic E-state index is 12.8. The highest BCUT2D eigenvalue weighted by atomic mass is 35.5. The molecular weight excluding hydrogens is 338 g/mol. The topological polar surface area (TPSA) is 77.5 Å². The maximum absolute atomic E-state index is 12.8. The van der Waals surface area contributed by atoms with Crippen molar-refractivity contribution in [2.75, 3.05) is 10.8 Å². The minimum atomic E-state index is -4.03. The van der Waals surface area contributed by atoms with Crippen molar-refractivity contribution in [3.63, 3.8) is 0 Å². The number of carboxylic acids is 1. The highest BCUT2D eigenvalue weighted by Gasteiger charge is 2.26. The molecule has 7 heteroatoms. The van der Waals surface area contributed by atoms with Crippen LogP contribution in [0.15, 0.2) is 47.4 Å². The normalized spacial score (nSPS) is 11.3. The lowest BCUT2D eigenvalue weighted by atomic mass is 10.2. The average molecular weight is 353 g/mol. The van der Waals surface area contributed by atoms with E-state index < -0.39 is 22.5 Å². The minimum absolute atomic E-state index is 0.0127. The van der Waals surface area contributed by atoms with Crippen LogP contribution in [0.4, 0.5) is 5.69 Å². The zero-order valence-electron chi connectivity index (χ0n) is 12.6. The second-order valence-corrected chi connectivity index (χ2v) is 7.43. The zero-order valence-corrected chi connectivity index (χ0v) is 14.2. The van der Waals surface area contributed by atoms with Crippen molar-refractivity contribution in [1.29, 1.82) is 0 Å².